The Balaban J connectivity index is 3.14. The number of carbonyl (C=O) groups excluding carboxylic acids is 1. The maximum absolute atomic E-state index is 11.9. The van der Waals surface area contributed by atoms with E-state index in [-0.39, 0.29) is 17.1 Å². The van der Waals surface area contributed by atoms with Gasteiger partial charge in [-0.2, -0.15) is 8.78 Å². The van der Waals surface area contributed by atoms with Gasteiger partial charge in [-0.3, -0.25) is 4.79 Å². The standard InChI is InChI=1S/C9H7BrF2O2/c1-5(13)8-6(10)3-2-4-7(8)14-9(11)12/h2-4,9H,1H3. The minimum absolute atomic E-state index is 0.109. The number of halogens is 3. The Morgan fingerprint density at radius 1 is 1.50 bits per heavy atom. The van der Waals surface area contributed by atoms with E-state index in [1.165, 1.54) is 19.1 Å². The molecule has 0 aromatic heterocycles. The molecule has 0 heterocycles. The van der Waals surface area contributed by atoms with Gasteiger partial charge in [-0.25, -0.2) is 0 Å². The summed E-state index contributed by atoms with van der Waals surface area (Å²) in [6, 6.07) is 4.44. The molecule has 0 saturated heterocycles. The van der Waals surface area contributed by atoms with Gasteiger partial charge in [0.25, 0.3) is 0 Å². The Bertz CT molecular complexity index is 353. The van der Waals surface area contributed by atoms with Gasteiger partial charge in [0.15, 0.2) is 5.78 Å². The summed E-state index contributed by atoms with van der Waals surface area (Å²) < 4.78 is 28.5. The average molecular weight is 265 g/mol. The van der Waals surface area contributed by atoms with Crippen LogP contribution in [0.5, 0.6) is 5.75 Å². The molecule has 14 heavy (non-hydrogen) atoms. The van der Waals surface area contributed by atoms with Gasteiger partial charge in [-0.15, -0.1) is 0 Å². The summed E-state index contributed by atoms with van der Waals surface area (Å²) >= 11 is 3.09. The number of carbonyl (C=O) groups is 1. The maximum Gasteiger partial charge on any atom is 0.387 e. The normalized spacial score (nSPS) is 10.4. The van der Waals surface area contributed by atoms with Crippen molar-refractivity contribution in [2.45, 2.75) is 13.5 Å². The molecule has 0 amide bonds. The van der Waals surface area contributed by atoms with E-state index < -0.39 is 6.61 Å². The number of rotatable bonds is 3. The quantitative estimate of drug-likeness (QED) is 0.784. The van der Waals surface area contributed by atoms with E-state index in [9.17, 15) is 13.6 Å². The molecule has 0 fully saturated rings. The molecular formula is C9H7BrF2O2. The molecule has 0 aliphatic carbocycles. The third kappa shape index (κ3) is 2.51. The predicted octanol–water partition coefficient (Wildman–Crippen LogP) is 3.25. The number of benzene rings is 1. The van der Waals surface area contributed by atoms with Gasteiger partial charge in [-0.1, -0.05) is 6.07 Å². The fourth-order valence-electron chi connectivity index (χ4n) is 1.04. The molecule has 0 saturated carbocycles. The van der Waals surface area contributed by atoms with Gasteiger partial charge in [0.1, 0.15) is 5.75 Å². The Morgan fingerprint density at radius 3 is 2.64 bits per heavy atom. The highest BCUT2D eigenvalue weighted by Crippen LogP contribution is 2.28. The maximum atomic E-state index is 11.9. The molecule has 0 spiro atoms. The molecule has 5 heteroatoms. The number of ether oxygens (including phenoxy) is 1. The van der Waals surface area contributed by atoms with Crippen LogP contribution < -0.4 is 4.74 Å². The molecule has 0 aliphatic rings. The lowest BCUT2D eigenvalue weighted by Crippen LogP contribution is -2.06. The zero-order chi connectivity index (χ0) is 10.7. The van der Waals surface area contributed by atoms with Gasteiger partial charge in [0.05, 0.1) is 5.56 Å². The van der Waals surface area contributed by atoms with Crippen molar-refractivity contribution in [3.05, 3.63) is 28.2 Å². The van der Waals surface area contributed by atoms with Crippen molar-refractivity contribution in [2.24, 2.45) is 0 Å². The summed E-state index contributed by atoms with van der Waals surface area (Å²) in [7, 11) is 0. The molecule has 0 aliphatic heterocycles. The van der Waals surface area contributed by atoms with Gasteiger partial charge in [-0.05, 0) is 35.0 Å². The zero-order valence-corrected chi connectivity index (χ0v) is 8.85. The van der Waals surface area contributed by atoms with Crippen molar-refractivity contribution in [3.8, 4) is 5.75 Å². The van der Waals surface area contributed by atoms with Gasteiger partial charge >= 0.3 is 6.61 Å². The average Bonchev–Trinajstić information content (AvgIpc) is 2.01. The minimum atomic E-state index is -2.93. The Hall–Kier alpha value is -0.970. The first-order valence-corrected chi connectivity index (χ1v) is 4.56. The Kier molecular flexibility index (Phi) is 3.57. The molecule has 0 radical (unpaired) electrons. The summed E-state index contributed by atoms with van der Waals surface area (Å²) in [5.74, 6) is -0.435. The molecule has 1 aromatic carbocycles. The molecule has 0 atom stereocenters. The third-order valence-corrected chi connectivity index (χ3v) is 2.20. The number of Topliss-reactive ketones (excluding diaryl/α,β-unsaturated/α-hetero) is 1. The van der Waals surface area contributed by atoms with Crippen LogP contribution in [-0.4, -0.2) is 12.4 Å². The lowest BCUT2D eigenvalue weighted by atomic mass is 10.1. The molecule has 1 rings (SSSR count). The van der Waals surface area contributed by atoms with E-state index in [1.807, 2.05) is 0 Å². The SMILES string of the molecule is CC(=O)c1c(Br)cccc1OC(F)F. The summed E-state index contributed by atoms with van der Waals surface area (Å²) in [5.41, 5.74) is 0.132. The van der Waals surface area contributed by atoms with E-state index in [0.29, 0.717) is 4.47 Å². The lowest BCUT2D eigenvalue weighted by Gasteiger charge is -2.09. The highest BCUT2D eigenvalue weighted by Gasteiger charge is 2.15. The molecular weight excluding hydrogens is 258 g/mol. The number of alkyl halides is 2. The molecule has 76 valence electrons. The van der Waals surface area contributed by atoms with Gasteiger partial charge in [0, 0.05) is 4.47 Å². The number of hydrogen-bond donors (Lipinski definition) is 0. The predicted molar refractivity (Wildman–Crippen MR) is 50.8 cm³/mol. The van der Waals surface area contributed by atoms with E-state index in [1.54, 1.807) is 6.07 Å². The monoisotopic (exact) mass is 264 g/mol. The van der Waals surface area contributed by atoms with Crippen LogP contribution in [0.1, 0.15) is 17.3 Å². The van der Waals surface area contributed by atoms with E-state index in [4.69, 9.17) is 0 Å². The second-order valence-electron chi connectivity index (χ2n) is 2.55. The van der Waals surface area contributed by atoms with E-state index >= 15 is 0 Å². The molecule has 0 bridgehead atoms. The Labute approximate surface area is 88.0 Å². The summed E-state index contributed by atoms with van der Waals surface area (Å²) in [5, 5.41) is 0. The van der Waals surface area contributed by atoms with Crippen LogP contribution in [-0.2, 0) is 0 Å². The van der Waals surface area contributed by atoms with Crippen LogP contribution in [0.2, 0.25) is 0 Å². The smallest absolute Gasteiger partial charge is 0.387 e. The van der Waals surface area contributed by atoms with Crippen molar-refractivity contribution >= 4 is 21.7 Å². The topological polar surface area (TPSA) is 26.3 Å². The van der Waals surface area contributed by atoms with Crippen molar-refractivity contribution in [1.29, 1.82) is 0 Å². The first-order valence-electron chi connectivity index (χ1n) is 3.76. The van der Waals surface area contributed by atoms with Crippen LogP contribution in [0.3, 0.4) is 0 Å². The Morgan fingerprint density at radius 2 is 2.14 bits per heavy atom. The fourth-order valence-corrected chi connectivity index (χ4v) is 1.67. The second kappa shape index (κ2) is 4.50. The van der Waals surface area contributed by atoms with Crippen molar-refractivity contribution in [2.75, 3.05) is 0 Å². The summed E-state index contributed by atoms with van der Waals surface area (Å²) in [4.78, 5) is 11.1. The van der Waals surface area contributed by atoms with Crippen molar-refractivity contribution in [1.82, 2.24) is 0 Å². The van der Waals surface area contributed by atoms with Crippen LogP contribution in [0, 0.1) is 0 Å². The minimum Gasteiger partial charge on any atom is -0.434 e. The van der Waals surface area contributed by atoms with Crippen LogP contribution in [0.15, 0.2) is 22.7 Å². The van der Waals surface area contributed by atoms with Crippen molar-refractivity contribution < 1.29 is 18.3 Å². The second-order valence-corrected chi connectivity index (χ2v) is 3.40. The molecule has 2 nitrogen and oxygen atoms in total. The van der Waals surface area contributed by atoms with Crippen LogP contribution in [0.4, 0.5) is 8.78 Å². The summed E-state index contributed by atoms with van der Waals surface area (Å²) in [6.45, 7) is -1.64. The van der Waals surface area contributed by atoms with E-state index in [0.717, 1.165) is 0 Å². The molecule has 0 unspecified atom stereocenters. The van der Waals surface area contributed by atoms with Crippen molar-refractivity contribution in [3.63, 3.8) is 0 Å². The highest BCUT2D eigenvalue weighted by molar-refractivity contribution is 9.10. The zero-order valence-electron chi connectivity index (χ0n) is 7.26. The third-order valence-electron chi connectivity index (χ3n) is 1.54. The lowest BCUT2D eigenvalue weighted by molar-refractivity contribution is -0.0501. The van der Waals surface area contributed by atoms with Gasteiger partial charge in [0.2, 0.25) is 0 Å². The largest absolute Gasteiger partial charge is 0.434 e. The first kappa shape index (κ1) is 11.1. The summed E-state index contributed by atoms with van der Waals surface area (Å²) in [6.07, 6.45) is 0. The number of ketones is 1. The van der Waals surface area contributed by atoms with Crippen LogP contribution in [0.25, 0.3) is 0 Å². The van der Waals surface area contributed by atoms with E-state index in [2.05, 4.69) is 20.7 Å². The first-order chi connectivity index (χ1) is 6.52. The van der Waals surface area contributed by atoms with Crippen LogP contribution >= 0.6 is 15.9 Å². The number of hydrogen-bond acceptors (Lipinski definition) is 2. The molecule has 0 N–H and O–H groups in total. The molecule has 1 aromatic rings. The fraction of sp³-hybridized carbons (Fsp3) is 0.222. The highest BCUT2D eigenvalue weighted by atomic mass is 79.9. The van der Waals surface area contributed by atoms with Gasteiger partial charge < -0.3 is 4.74 Å².